The largest absolute Gasteiger partial charge is 0.490 e. The van der Waals surface area contributed by atoms with E-state index in [0.29, 0.717) is 22.4 Å². The van der Waals surface area contributed by atoms with E-state index in [1.54, 1.807) is 4.90 Å². The number of thiocarbonyl (C=S) groups is 1. The topological polar surface area (TPSA) is 38.8 Å². The van der Waals surface area contributed by atoms with Crippen molar-refractivity contribution in [3.63, 3.8) is 0 Å². The monoisotopic (exact) mass is 483 g/mol. The molecule has 1 aliphatic heterocycles. The van der Waals surface area contributed by atoms with E-state index in [2.05, 4.69) is 0 Å². The van der Waals surface area contributed by atoms with Gasteiger partial charge in [0.1, 0.15) is 24.7 Å². The first kappa shape index (κ1) is 22.2. The zero-order valence-corrected chi connectivity index (χ0v) is 19.9. The highest BCUT2D eigenvalue weighted by Crippen LogP contribution is 2.39. The molecule has 0 bridgehead atoms. The Bertz CT molecular complexity index is 1360. The quantitative estimate of drug-likeness (QED) is 0.166. The number of nitrogens with zero attached hydrogens (tertiary/aromatic N) is 1. The van der Waals surface area contributed by atoms with Gasteiger partial charge in [0.2, 0.25) is 0 Å². The summed E-state index contributed by atoms with van der Waals surface area (Å²) < 4.78 is 11.9. The average Bonchev–Trinajstić information content (AvgIpc) is 3.15. The van der Waals surface area contributed by atoms with E-state index in [4.69, 9.17) is 21.7 Å². The first-order valence-corrected chi connectivity index (χ1v) is 12.1. The van der Waals surface area contributed by atoms with Crippen molar-refractivity contribution in [3.05, 3.63) is 108 Å². The Morgan fingerprint density at radius 1 is 0.765 bits per heavy atom. The number of rotatable bonds is 7. The van der Waals surface area contributed by atoms with Crippen molar-refractivity contribution in [1.29, 1.82) is 0 Å². The van der Waals surface area contributed by atoms with Crippen molar-refractivity contribution < 1.29 is 14.3 Å². The highest BCUT2D eigenvalue weighted by Gasteiger charge is 2.34. The molecule has 1 fully saturated rings. The number of fused-ring (bicyclic) bond motifs is 1. The minimum Gasteiger partial charge on any atom is -0.490 e. The molecule has 1 aliphatic rings. The van der Waals surface area contributed by atoms with Crippen LogP contribution >= 0.6 is 24.0 Å². The summed E-state index contributed by atoms with van der Waals surface area (Å²) in [6.07, 6.45) is 1.87. The molecule has 4 aromatic carbocycles. The van der Waals surface area contributed by atoms with Crippen LogP contribution in [0.2, 0.25) is 0 Å². The van der Waals surface area contributed by atoms with Crippen LogP contribution in [0.15, 0.2) is 102 Å². The number of benzene rings is 4. The molecular formula is C28H21NO3S2. The summed E-state index contributed by atoms with van der Waals surface area (Å²) in [5, 5.41) is 2.07. The standard InChI is InChI=1S/C28H21NO3S2/c30-27-26(34-28(33)29(27)25-12-6-8-21-7-4-5-11-24(21)25)19-20-13-15-23(16-14-20)32-18-17-31-22-9-2-1-3-10-22/h1-16,19H,17-18H2/b26-19-. The minimum absolute atomic E-state index is 0.107. The Hall–Kier alpha value is -3.61. The van der Waals surface area contributed by atoms with Crippen molar-refractivity contribution in [3.8, 4) is 11.5 Å². The lowest BCUT2D eigenvalue weighted by Crippen LogP contribution is -2.27. The zero-order valence-electron chi connectivity index (χ0n) is 18.2. The fraction of sp³-hybridized carbons (Fsp3) is 0.0714. The Morgan fingerprint density at radius 3 is 2.18 bits per heavy atom. The van der Waals surface area contributed by atoms with Gasteiger partial charge in [-0.15, -0.1) is 0 Å². The lowest BCUT2D eigenvalue weighted by atomic mass is 10.1. The number of amides is 1. The highest BCUT2D eigenvalue weighted by molar-refractivity contribution is 8.27. The molecule has 0 N–H and O–H groups in total. The zero-order chi connectivity index (χ0) is 23.3. The van der Waals surface area contributed by atoms with Crippen LogP contribution in [0.1, 0.15) is 5.56 Å². The predicted octanol–water partition coefficient (Wildman–Crippen LogP) is 6.70. The molecule has 0 unspecified atom stereocenters. The van der Waals surface area contributed by atoms with Crippen molar-refractivity contribution in [1.82, 2.24) is 0 Å². The SMILES string of the molecule is O=C1/C(=C/c2ccc(OCCOc3ccccc3)cc2)SC(=S)N1c1cccc2ccccc12. The minimum atomic E-state index is -0.107. The molecule has 34 heavy (non-hydrogen) atoms. The molecule has 0 spiro atoms. The van der Waals surface area contributed by atoms with Gasteiger partial charge in [-0.25, -0.2) is 0 Å². The Morgan fingerprint density at radius 2 is 1.41 bits per heavy atom. The van der Waals surface area contributed by atoms with Crippen LogP contribution in [-0.4, -0.2) is 23.4 Å². The van der Waals surface area contributed by atoms with Gasteiger partial charge in [0, 0.05) is 5.39 Å². The lowest BCUT2D eigenvalue weighted by molar-refractivity contribution is -0.113. The van der Waals surface area contributed by atoms with E-state index in [1.165, 1.54) is 11.8 Å². The predicted molar refractivity (Wildman–Crippen MR) is 143 cm³/mol. The summed E-state index contributed by atoms with van der Waals surface area (Å²) in [5.41, 5.74) is 1.72. The Kier molecular flexibility index (Phi) is 6.60. The summed E-state index contributed by atoms with van der Waals surface area (Å²) >= 11 is 6.89. The molecule has 6 heteroatoms. The van der Waals surface area contributed by atoms with Crippen LogP contribution < -0.4 is 14.4 Å². The summed E-state index contributed by atoms with van der Waals surface area (Å²) in [5.74, 6) is 1.46. The number of carbonyl (C=O) groups is 1. The van der Waals surface area contributed by atoms with Crippen LogP contribution in [0.5, 0.6) is 11.5 Å². The third-order valence-corrected chi connectivity index (χ3v) is 6.65. The number of hydrogen-bond acceptors (Lipinski definition) is 5. The van der Waals surface area contributed by atoms with Gasteiger partial charge in [0.25, 0.3) is 5.91 Å². The van der Waals surface area contributed by atoms with E-state index in [-0.39, 0.29) is 5.91 Å². The Balaban J connectivity index is 1.25. The van der Waals surface area contributed by atoms with Gasteiger partial charge in [-0.2, -0.15) is 0 Å². The number of para-hydroxylation sites is 1. The molecule has 4 nitrogen and oxygen atoms in total. The summed E-state index contributed by atoms with van der Waals surface area (Å²) in [4.78, 5) is 15.5. The summed E-state index contributed by atoms with van der Waals surface area (Å²) in [7, 11) is 0. The van der Waals surface area contributed by atoms with Crippen molar-refractivity contribution in [2.24, 2.45) is 0 Å². The van der Waals surface area contributed by atoms with Crippen LogP contribution in [0, 0.1) is 0 Å². The summed E-state index contributed by atoms with van der Waals surface area (Å²) in [6, 6.07) is 31.2. The van der Waals surface area contributed by atoms with E-state index in [1.807, 2.05) is 103 Å². The van der Waals surface area contributed by atoms with E-state index >= 15 is 0 Å². The number of carbonyl (C=O) groups excluding carboxylic acids is 1. The lowest BCUT2D eigenvalue weighted by Gasteiger charge is -2.17. The molecule has 1 heterocycles. The second kappa shape index (κ2) is 10.1. The molecule has 1 saturated heterocycles. The molecule has 4 aromatic rings. The Labute approximate surface area is 207 Å². The van der Waals surface area contributed by atoms with E-state index < -0.39 is 0 Å². The third kappa shape index (κ3) is 4.83. The fourth-order valence-electron chi connectivity index (χ4n) is 3.73. The molecule has 5 rings (SSSR count). The highest BCUT2D eigenvalue weighted by atomic mass is 32.2. The van der Waals surface area contributed by atoms with Crippen molar-refractivity contribution >= 4 is 56.7 Å². The van der Waals surface area contributed by atoms with Crippen molar-refractivity contribution in [2.45, 2.75) is 0 Å². The first-order chi connectivity index (χ1) is 16.7. The molecule has 168 valence electrons. The molecule has 0 atom stereocenters. The van der Waals surface area contributed by atoms with Gasteiger partial charge in [0.05, 0.1) is 10.6 Å². The van der Waals surface area contributed by atoms with E-state index in [0.717, 1.165) is 33.5 Å². The second-order valence-corrected chi connectivity index (χ2v) is 9.27. The molecule has 1 amide bonds. The van der Waals surface area contributed by atoms with Gasteiger partial charge in [-0.1, -0.05) is 90.7 Å². The molecule has 0 aromatic heterocycles. The molecular weight excluding hydrogens is 462 g/mol. The smallest absolute Gasteiger partial charge is 0.270 e. The number of ether oxygens (including phenoxy) is 2. The average molecular weight is 484 g/mol. The number of anilines is 1. The second-order valence-electron chi connectivity index (χ2n) is 7.59. The van der Waals surface area contributed by atoms with Crippen molar-refractivity contribution in [2.75, 3.05) is 18.1 Å². The molecule has 0 aliphatic carbocycles. The molecule has 0 radical (unpaired) electrons. The third-order valence-electron chi connectivity index (χ3n) is 5.34. The maximum Gasteiger partial charge on any atom is 0.270 e. The van der Waals surface area contributed by atoms with Gasteiger partial charge in [0.15, 0.2) is 4.32 Å². The maximum atomic E-state index is 13.2. The molecule has 0 saturated carbocycles. The van der Waals surface area contributed by atoms with Gasteiger partial charge >= 0.3 is 0 Å². The van der Waals surface area contributed by atoms with Crippen LogP contribution in [0.25, 0.3) is 16.8 Å². The maximum absolute atomic E-state index is 13.2. The van der Waals surface area contributed by atoms with E-state index in [9.17, 15) is 4.79 Å². The fourth-order valence-corrected chi connectivity index (χ4v) is 5.01. The van der Waals surface area contributed by atoms with Gasteiger partial charge in [-0.3, -0.25) is 9.69 Å². The number of hydrogen-bond donors (Lipinski definition) is 0. The summed E-state index contributed by atoms with van der Waals surface area (Å²) in [6.45, 7) is 0.903. The normalized spacial score (nSPS) is 14.7. The van der Waals surface area contributed by atoms with Crippen LogP contribution in [-0.2, 0) is 4.79 Å². The van der Waals surface area contributed by atoms with Crippen LogP contribution in [0.3, 0.4) is 0 Å². The van der Waals surface area contributed by atoms with Gasteiger partial charge < -0.3 is 9.47 Å². The number of thioether (sulfide) groups is 1. The van der Waals surface area contributed by atoms with Gasteiger partial charge in [-0.05, 0) is 47.4 Å². The van der Waals surface area contributed by atoms with Crippen LogP contribution in [0.4, 0.5) is 5.69 Å². The first-order valence-electron chi connectivity index (χ1n) is 10.9.